The first-order valence-corrected chi connectivity index (χ1v) is 8.21. The van der Waals surface area contributed by atoms with E-state index < -0.39 is 0 Å². The largest absolute Gasteiger partial charge is 0.309 e. The topological polar surface area (TPSA) is 37.8 Å². The summed E-state index contributed by atoms with van der Waals surface area (Å²) in [7, 11) is 0. The lowest BCUT2D eigenvalue weighted by Crippen LogP contribution is -2.25. The summed E-state index contributed by atoms with van der Waals surface area (Å²) in [5.74, 6) is 0. The van der Waals surface area contributed by atoms with Crippen molar-refractivity contribution in [1.82, 2.24) is 15.3 Å². The van der Waals surface area contributed by atoms with Crippen LogP contribution < -0.4 is 5.32 Å². The van der Waals surface area contributed by atoms with E-state index in [1.165, 1.54) is 36.3 Å². The molecule has 0 aromatic carbocycles. The van der Waals surface area contributed by atoms with Gasteiger partial charge in [-0.15, -0.1) is 22.7 Å². The van der Waals surface area contributed by atoms with Gasteiger partial charge in [-0.3, -0.25) is 0 Å². The summed E-state index contributed by atoms with van der Waals surface area (Å²) in [6, 6.07) is 0.457. The SMILES string of the molecule is CCCNC1CCCc2sc(-c3nccs3)nc21. The highest BCUT2D eigenvalue weighted by molar-refractivity contribution is 7.20. The summed E-state index contributed by atoms with van der Waals surface area (Å²) >= 11 is 3.50. The molecule has 3 nitrogen and oxygen atoms in total. The Bertz CT molecular complexity index is 504. The third-order valence-corrected chi connectivity index (χ3v) is 5.26. The van der Waals surface area contributed by atoms with Gasteiger partial charge in [-0.05, 0) is 32.2 Å². The van der Waals surface area contributed by atoms with Crippen molar-refractivity contribution in [2.75, 3.05) is 6.54 Å². The molecule has 3 rings (SSSR count). The van der Waals surface area contributed by atoms with E-state index in [4.69, 9.17) is 4.98 Å². The molecular formula is C13H17N3S2. The van der Waals surface area contributed by atoms with E-state index in [-0.39, 0.29) is 0 Å². The van der Waals surface area contributed by atoms with Gasteiger partial charge < -0.3 is 5.32 Å². The molecule has 0 radical (unpaired) electrons. The highest BCUT2D eigenvalue weighted by atomic mass is 32.1. The van der Waals surface area contributed by atoms with Gasteiger partial charge in [-0.25, -0.2) is 9.97 Å². The minimum Gasteiger partial charge on any atom is -0.309 e. The van der Waals surface area contributed by atoms with E-state index in [0.717, 1.165) is 16.6 Å². The number of thiazole rings is 2. The quantitative estimate of drug-likeness (QED) is 0.928. The molecule has 18 heavy (non-hydrogen) atoms. The minimum atomic E-state index is 0.457. The summed E-state index contributed by atoms with van der Waals surface area (Å²) in [5.41, 5.74) is 1.28. The lowest BCUT2D eigenvalue weighted by Gasteiger charge is -2.21. The predicted octanol–water partition coefficient (Wildman–Crippen LogP) is 3.64. The van der Waals surface area contributed by atoms with Crippen molar-refractivity contribution in [3.8, 4) is 10.0 Å². The normalized spacial score (nSPS) is 18.8. The van der Waals surface area contributed by atoms with Crippen LogP contribution in [0.4, 0.5) is 0 Å². The molecule has 0 amide bonds. The van der Waals surface area contributed by atoms with Gasteiger partial charge in [0, 0.05) is 16.5 Å². The summed E-state index contributed by atoms with van der Waals surface area (Å²) in [6.07, 6.45) is 6.70. The Morgan fingerprint density at radius 1 is 1.44 bits per heavy atom. The number of hydrogen-bond acceptors (Lipinski definition) is 5. The van der Waals surface area contributed by atoms with Crippen molar-refractivity contribution in [2.24, 2.45) is 0 Å². The van der Waals surface area contributed by atoms with Gasteiger partial charge in [-0.1, -0.05) is 6.92 Å². The zero-order valence-corrected chi connectivity index (χ0v) is 12.1. The van der Waals surface area contributed by atoms with Crippen LogP contribution in [0.5, 0.6) is 0 Å². The third kappa shape index (κ3) is 2.35. The van der Waals surface area contributed by atoms with Gasteiger partial charge in [0.15, 0.2) is 10.0 Å². The van der Waals surface area contributed by atoms with Crippen LogP contribution in [0, 0.1) is 0 Å². The molecule has 1 N–H and O–H groups in total. The Labute approximate surface area is 115 Å². The Balaban J connectivity index is 1.88. The lowest BCUT2D eigenvalue weighted by molar-refractivity contribution is 0.454. The first-order chi connectivity index (χ1) is 8.88. The fourth-order valence-electron chi connectivity index (χ4n) is 2.36. The average Bonchev–Trinajstić information content (AvgIpc) is 3.03. The molecule has 1 aliphatic carbocycles. The van der Waals surface area contributed by atoms with Gasteiger partial charge in [-0.2, -0.15) is 0 Å². The van der Waals surface area contributed by atoms with Crippen LogP contribution in [-0.2, 0) is 6.42 Å². The van der Waals surface area contributed by atoms with E-state index in [2.05, 4.69) is 17.2 Å². The molecule has 0 saturated heterocycles. The van der Waals surface area contributed by atoms with Crippen LogP contribution >= 0.6 is 22.7 Å². The average molecular weight is 279 g/mol. The van der Waals surface area contributed by atoms with Crippen molar-refractivity contribution in [3.05, 3.63) is 22.1 Å². The van der Waals surface area contributed by atoms with Gasteiger partial charge >= 0.3 is 0 Å². The second-order valence-corrected chi connectivity index (χ2v) is 6.54. The summed E-state index contributed by atoms with van der Waals surface area (Å²) in [5, 5.41) is 7.79. The van der Waals surface area contributed by atoms with Crippen molar-refractivity contribution in [2.45, 2.75) is 38.6 Å². The highest BCUT2D eigenvalue weighted by Crippen LogP contribution is 2.37. The fourth-order valence-corrected chi connectivity index (χ4v) is 4.20. The van der Waals surface area contributed by atoms with Gasteiger partial charge in [0.25, 0.3) is 0 Å². The van der Waals surface area contributed by atoms with Crippen LogP contribution in [-0.4, -0.2) is 16.5 Å². The maximum Gasteiger partial charge on any atom is 0.152 e. The minimum absolute atomic E-state index is 0.457. The lowest BCUT2D eigenvalue weighted by atomic mass is 9.97. The number of hydrogen-bond donors (Lipinski definition) is 1. The highest BCUT2D eigenvalue weighted by Gasteiger charge is 2.24. The molecular weight excluding hydrogens is 262 g/mol. The maximum absolute atomic E-state index is 4.83. The van der Waals surface area contributed by atoms with E-state index in [1.54, 1.807) is 11.3 Å². The van der Waals surface area contributed by atoms with Gasteiger partial charge in [0.2, 0.25) is 0 Å². The van der Waals surface area contributed by atoms with Crippen LogP contribution in [0.15, 0.2) is 11.6 Å². The Hall–Kier alpha value is -0.780. The van der Waals surface area contributed by atoms with Crippen molar-refractivity contribution >= 4 is 22.7 Å². The molecule has 2 heterocycles. The molecule has 96 valence electrons. The van der Waals surface area contributed by atoms with E-state index >= 15 is 0 Å². The number of rotatable bonds is 4. The Kier molecular flexibility index (Phi) is 3.72. The van der Waals surface area contributed by atoms with Gasteiger partial charge in [0.1, 0.15) is 0 Å². The fraction of sp³-hybridized carbons (Fsp3) is 0.538. The molecule has 0 saturated carbocycles. The van der Waals surface area contributed by atoms with Crippen LogP contribution in [0.3, 0.4) is 0 Å². The van der Waals surface area contributed by atoms with Crippen molar-refractivity contribution in [3.63, 3.8) is 0 Å². The Morgan fingerprint density at radius 2 is 2.39 bits per heavy atom. The zero-order valence-electron chi connectivity index (χ0n) is 10.5. The van der Waals surface area contributed by atoms with E-state index in [9.17, 15) is 0 Å². The third-order valence-electron chi connectivity index (χ3n) is 3.21. The molecule has 1 atom stereocenters. The maximum atomic E-state index is 4.83. The molecule has 2 aromatic rings. The molecule has 0 spiro atoms. The molecule has 1 aliphatic rings. The standard InChI is InChI=1S/C13H17N3S2/c1-2-6-14-9-4-3-5-10-11(9)16-13(18-10)12-15-7-8-17-12/h7-9,14H,2-6H2,1H3. The summed E-state index contributed by atoms with van der Waals surface area (Å²) in [4.78, 5) is 10.7. The van der Waals surface area contributed by atoms with Crippen molar-refractivity contribution in [1.29, 1.82) is 0 Å². The second-order valence-electron chi connectivity index (χ2n) is 4.56. The molecule has 0 bridgehead atoms. The number of aryl methyl sites for hydroxylation is 1. The number of aromatic nitrogens is 2. The smallest absolute Gasteiger partial charge is 0.152 e. The van der Waals surface area contributed by atoms with Crippen LogP contribution in [0.2, 0.25) is 0 Å². The zero-order chi connectivity index (χ0) is 12.4. The molecule has 2 aromatic heterocycles. The molecule has 1 unspecified atom stereocenters. The van der Waals surface area contributed by atoms with Crippen LogP contribution in [0.25, 0.3) is 10.0 Å². The molecule has 5 heteroatoms. The van der Waals surface area contributed by atoms with E-state index in [0.29, 0.717) is 6.04 Å². The van der Waals surface area contributed by atoms with E-state index in [1.807, 2.05) is 22.9 Å². The monoisotopic (exact) mass is 279 g/mol. The predicted molar refractivity (Wildman–Crippen MR) is 77.2 cm³/mol. The van der Waals surface area contributed by atoms with Crippen molar-refractivity contribution < 1.29 is 0 Å². The second kappa shape index (κ2) is 5.47. The summed E-state index contributed by atoms with van der Waals surface area (Å²) < 4.78 is 0. The number of nitrogens with one attached hydrogen (secondary N) is 1. The number of nitrogens with zero attached hydrogens (tertiary/aromatic N) is 2. The first-order valence-electron chi connectivity index (χ1n) is 6.51. The Morgan fingerprint density at radius 3 is 3.17 bits per heavy atom. The van der Waals surface area contributed by atoms with Crippen LogP contribution in [0.1, 0.15) is 42.8 Å². The molecule has 0 aliphatic heterocycles. The van der Waals surface area contributed by atoms with Gasteiger partial charge in [0.05, 0.1) is 11.7 Å². The molecule has 0 fully saturated rings. The first kappa shape index (κ1) is 12.3. The number of fused-ring (bicyclic) bond motifs is 1. The summed E-state index contributed by atoms with van der Waals surface area (Å²) in [6.45, 7) is 3.28.